The second-order valence-corrected chi connectivity index (χ2v) is 6.89. The molecule has 2 N–H and O–H groups in total. The quantitative estimate of drug-likeness (QED) is 0.547. The van der Waals surface area contributed by atoms with Gasteiger partial charge in [0.15, 0.2) is 5.16 Å². The third-order valence-corrected chi connectivity index (χ3v) is 5.22. The first-order valence-electron chi connectivity index (χ1n) is 7.62. The van der Waals surface area contributed by atoms with Crippen molar-refractivity contribution in [3.05, 3.63) is 59.1 Å². The summed E-state index contributed by atoms with van der Waals surface area (Å²) in [6.45, 7) is 0.579. The summed E-state index contributed by atoms with van der Waals surface area (Å²) in [7, 11) is 0. The van der Waals surface area contributed by atoms with Crippen molar-refractivity contribution in [2.24, 2.45) is 5.73 Å². The van der Waals surface area contributed by atoms with Gasteiger partial charge >= 0.3 is 0 Å². The maximum Gasteiger partial charge on any atom is 0.237 e. The van der Waals surface area contributed by atoms with E-state index < -0.39 is 0 Å². The van der Waals surface area contributed by atoms with Crippen LogP contribution in [0.1, 0.15) is 5.56 Å². The van der Waals surface area contributed by atoms with Crippen molar-refractivity contribution in [1.29, 1.82) is 0 Å². The highest BCUT2D eigenvalue weighted by molar-refractivity contribution is 7.99. The second kappa shape index (κ2) is 6.42. The van der Waals surface area contributed by atoms with Crippen LogP contribution in [0.3, 0.4) is 0 Å². The van der Waals surface area contributed by atoms with Gasteiger partial charge in [0, 0.05) is 5.02 Å². The zero-order valence-electron chi connectivity index (χ0n) is 13.1. The van der Waals surface area contributed by atoms with Crippen molar-refractivity contribution in [2.75, 3.05) is 5.75 Å². The standard InChI is InChI=1S/C17H14ClN5OS/c18-12-6-2-1-5-11(12)9-22-13-7-3-4-8-14(13)23-16(22)20-21-17(23)25-10-15(19)24/h1-8H,9-10H2,(H2,19,24). The lowest BCUT2D eigenvalue weighted by atomic mass is 10.2. The summed E-state index contributed by atoms with van der Waals surface area (Å²) in [5.74, 6) is 0.472. The molecule has 2 aromatic carbocycles. The number of benzene rings is 2. The fourth-order valence-corrected chi connectivity index (χ4v) is 3.69. The lowest BCUT2D eigenvalue weighted by Gasteiger charge is -2.06. The molecule has 0 atom stereocenters. The van der Waals surface area contributed by atoms with E-state index in [0.29, 0.717) is 22.5 Å². The van der Waals surface area contributed by atoms with E-state index in [1.807, 2.05) is 52.9 Å². The number of carbonyl (C=O) groups is 1. The molecular formula is C17H14ClN5OS. The number of aromatic nitrogens is 4. The van der Waals surface area contributed by atoms with E-state index in [9.17, 15) is 4.79 Å². The van der Waals surface area contributed by atoms with Gasteiger partial charge in [-0.25, -0.2) is 0 Å². The molecule has 0 aliphatic rings. The van der Waals surface area contributed by atoms with Gasteiger partial charge in [0.25, 0.3) is 0 Å². The molecule has 8 heteroatoms. The highest BCUT2D eigenvalue weighted by Gasteiger charge is 2.18. The molecule has 0 saturated carbocycles. The lowest BCUT2D eigenvalue weighted by molar-refractivity contribution is -0.115. The Hall–Kier alpha value is -2.51. The Bertz CT molecular complexity index is 1090. The van der Waals surface area contributed by atoms with Gasteiger partial charge in [-0.15, -0.1) is 10.2 Å². The molecule has 2 heterocycles. The molecule has 0 saturated heterocycles. The lowest BCUT2D eigenvalue weighted by Crippen LogP contribution is -2.13. The maximum absolute atomic E-state index is 11.1. The number of imidazole rings is 1. The second-order valence-electron chi connectivity index (χ2n) is 5.54. The van der Waals surface area contributed by atoms with Gasteiger partial charge in [0.05, 0.1) is 23.3 Å². The summed E-state index contributed by atoms with van der Waals surface area (Å²) >= 11 is 7.60. The first-order valence-corrected chi connectivity index (χ1v) is 8.98. The molecular weight excluding hydrogens is 358 g/mol. The molecule has 6 nitrogen and oxygen atoms in total. The SMILES string of the molecule is NC(=O)CSc1nnc2n(Cc3ccccc3Cl)c3ccccc3n12. The molecule has 2 aromatic heterocycles. The van der Waals surface area contributed by atoms with Crippen LogP contribution < -0.4 is 5.73 Å². The van der Waals surface area contributed by atoms with Crippen LogP contribution in [-0.4, -0.2) is 30.8 Å². The van der Waals surface area contributed by atoms with Crippen LogP contribution in [0.25, 0.3) is 16.8 Å². The third-order valence-electron chi connectivity index (χ3n) is 3.90. The smallest absolute Gasteiger partial charge is 0.237 e. The van der Waals surface area contributed by atoms with Crippen LogP contribution in [-0.2, 0) is 11.3 Å². The Morgan fingerprint density at radius 3 is 2.56 bits per heavy atom. The van der Waals surface area contributed by atoms with Crippen molar-refractivity contribution in [3.8, 4) is 0 Å². The largest absolute Gasteiger partial charge is 0.369 e. The van der Waals surface area contributed by atoms with E-state index in [1.54, 1.807) is 0 Å². The average molecular weight is 372 g/mol. The molecule has 126 valence electrons. The van der Waals surface area contributed by atoms with Gasteiger partial charge in [-0.3, -0.25) is 9.20 Å². The van der Waals surface area contributed by atoms with E-state index in [-0.39, 0.29) is 11.7 Å². The predicted molar refractivity (Wildman–Crippen MR) is 99.0 cm³/mol. The molecule has 0 radical (unpaired) electrons. The predicted octanol–water partition coefficient (Wildman–Crippen LogP) is 2.96. The van der Waals surface area contributed by atoms with E-state index in [4.69, 9.17) is 17.3 Å². The molecule has 0 bridgehead atoms. The Morgan fingerprint density at radius 2 is 1.80 bits per heavy atom. The van der Waals surface area contributed by atoms with Gasteiger partial charge in [-0.05, 0) is 23.8 Å². The topological polar surface area (TPSA) is 78.2 Å². The molecule has 4 rings (SSSR count). The number of thioether (sulfide) groups is 1. The highest BCUT2D eigenvalue weighted by atomic mass is 35.5. The Kier molecular flexibility index (Phi) is 4.10. The summed E-state index contributed by atoms with van der Waals surface area (Å²) in [6, 6.07) is 15.7. The number of para-hydroxylation sites is 2. The fourth-order valence-electron chi connectivity index (χ4n) is 2.82. The van der Waals surface area contributed by atoms with Gasteiger partial charge < -0.3 is 10.3 Å². The normalized spacial score (nSPS) is 11.4. The summed E-state index contributed by atoms with van der Waals surface area (Å²) in [6.07, 6.45) is 0. The number of fused-ring (bicyclic) bond motifs is 3. The molecule has 0 spiro atoms. The Balaban J connectivity index is 1.88. The van der Waals surface area contributed by atoms with Gasteiger partial charge in [-0.1, -0.05) is 53.7 Å². The first kappa shape index (κ1) is 16.0. The molecule has 0 aliphatic carbocycles. The van der Waals surface area contributed by atoms with E-state index in [1.165, 1.54) is 11.8 Å². The zero-order valence-corrected chi connectivity index (χ0v) is 14.7. The van der Waals surface area contributed by atoms with Crippen LogP contribution in [0, 0.1) is 0 Å². The van der Waals surface area contributed by atoms with Crippen LogP contribution in [0.4, 0.5) is 0 Å². The van der Waals surface area contributed by atoms with Gasteiger partial charge in [0.2, 0.25) is 11.7 Å². The van der Waals surface area contributed by atoms with Crippen molar-refractivity contribution in [1.82, 2.24) is 19.2 Å². The third kappa shape index (κ3) is 2.85. The Labute approximate surface area is 152 Å². The van der Waals surface area contributed by atoms with Crippen molar-refractivity contribution < 1.29 is 4.79 Å². The first-order chi connectivity index (χ1) is 12.1. The number of hydrogen-bond donors (Lipinski definition) is 1. The molecule has 0 unspecified atom stereocenters. The highest BCUT2D eigenvalue weighted by Crippen LogP contribution is 2.27. The minimum absolute atomic E-state index is 0.158. The number of primary amides is 1. The van der Waals surface area contributed by atoms with Crippen molar-refractivity contribution in [2.45, 2.75) is 11.7 Å². The van der Waals surface area contributed by atoms with Crippen molar-refractivity contribution >= 4 is 46.1 Å². The minimum Gasteiger partial charge on any atom is -0.369 e. The average Bonchev–Trinajstić information content (AvgIpc) is 3.15. The van der Waals surface area contributed by atoms with E-state index in [0.717, 1.165) is 16.6 Å². The summed E-state index contributed by atoms with van der Waals surface area (Å²) in [5.41, 5.74) is 8.25. The number of amides is 1. The summed E-state index contributed by atoms with van der Waals surface area (Å²) in [4.78, 5) is 11.1. The summed E-state index contributed by atoms with van der Waals surface area (Å²) in [5, 5.41) is 9.89. The van der Waals surface area contributed by atoms with Crippen LogP contribution in [0.2, 0.25) is 5.02 Å². The van der Waals surface area contributed by atoms with Gasteiger partial charge in [0.1, 0.15) is 0 Å². The molecule has 0 aliphatic heterocycles. The maximum atomic E-state index is 11.1. The number of halogens is 1. The van der Waals surface area contributed by atoms with Crippen LogP contribution >= 0.6 is 23.4 Å². The fraction of sp³-hybridized carbons (Fsp3) is 0.118. The molecule has 0 fully saturated rings. The monoisotopic (exact) mass is 371 g/mol. The Morgan fingerprint density at radius 1 is 1.08 bits per heavy atom. The number of rotatable bonds is 5. The number of carbonyl (C=O) groups excluding carboxylic acids is 1. The van der Waals surface area contributed by atoms with Crippen LogP contribution in [0.15, 0.2) is 53.7 Å². The molecule has 25 heavy (non-hydrogen) atoms. The molecule has 4 aromatic rings. The van der Waals surface area contributed by atoms with Gasteiger partial charge in [-0.2, -0.15) is 0 Å². The number of nitrogens with zero attached hydrogens (tertiary/aromatic N) is 4. The van der Waals surface area contributed by atoms with Crippen molar-refractivity contribution in [3.63, 3.8) is 0 Å². The minimum atomic E-state index is -0.387. The number of hydrogen-bond acceptors (Lipinski definition) is 4. The van der Waals surface area contributed by atoms with E-state index >= 15 is 0 Å². The zero-order chi connectivity index (χ0) is 17.4. The molecule has 1 amide bonds. The van der Waals surface area contributed by atoms with E-state index in [2.05, 4.69) is 14.8 Å². The van der Waals surface area contributed by atoms with Crippen LogP contribution in [0.5, 0.6) is 0 Å². The summed E-state index contributed by atoms with van der Waals surface area (Å²) < 4.78 is 4.01. The number of nitrogens with two attached hydrogens (primary N) is 1.